The molecule has 0 radical (unpaired) electrons. The van der Waals surface area contributed by atoms with Gasteiger partial charge in [-0.2, -0.15) is 0 Å². The lowest BCUT2D eigenvalue weighted by atomic mass is 10.1. The smallest absolute Gasteiger partial charge is 0.157 e. The summed E-state index contributed by atoms with van der Waals surface area (Å²) in [6, 6.07) is 0. The molecule has 0 spiro atoms. The van der Waals surface area contributed by atoms with E-state index in [-0.39, 0.29) is 11.7 Å². The lowest BCUT2D eigenvalue weighted by Gasteiger charge is -2.19. The average Bonchev–Trinajstić information content (AvgIpc) is 2.31. The highest BCUT2D eigenvalue weighted by Gasteiger charge is 2.04. The summed E-state index contributed by atoms with van der Waals surface area (Å²) in [7, 11) is 3.37. The first-order chi connectivity index (χ1) is 8.11. The minimum Gasteiger partial charge on any atom is -0.383 e. The Bertz CT molecular complexity index is 219. The third-order valence-corrected chi connectivity index (χ3v) is 2.44. The van der Waals surface area contributed by atoms with Gasteiger partial charge in [-0.3, -0.25) is 9.69 Å². The van der Waals surface area contributed by atoms with Gasteiger partial charge >= 0.3 is 0 Å². The third kappa shape index (κ3) is 9.03. The monoisotopic (exact) mass is 243 g/mol. The van der Waals surface area contributed by atoms with Gasteiger partial charge in [0.2, 0.25) is 0 Å². The molecule has 0 aromatic heterocycles. The summed E-state index contributed by atoms with van der Waals surface area (Å²) in [6.07, 6.45) is 3.57. The molecule has 4 heteroatoms. The number of allylic oxidation sites excluding steroid dienone is 1. The standard InChI is InChI=1S/C13H25NO3/c1-12(2)13(15)6-5-7-14(8-10-16-3)9-11-17-4/h5-6,12H,7-11H2,1-4H3/b6-5+. The van der Waals surface area contributed by atoms with E-state index in [2.05, 4.69) is 4.90 Å². The van der Waals surface area contributed by atoms with Crippen molar-refractivity contribution >= 4 is 5.78 Å². The van der Waals surface area contributed by atoms with Gasteiger partial charge in [0.25, 0.3) is 0 Å². The molecular weight excluding hydrogens is 218 g/mol. The first kappa shape index (κ1) is 16.3. The molecule has 4 nitrogen and oxygen atoms in total. The fourth-order valence-electron chi connectivity index (χ4n) is 1.25. The van der Waals surface area contributed by atoms with Gasteiger partial charge in [0.15, 0.2) is 5.78 Å². The van der Waals surface area contributed by atoms with Gasteiger partial charge in [0.05, 0.1) is 13.2 Å². The zero-order valence-corrected chi connectivity index (χ0v) is 11.4. The van der Waals surface area contributed by atoms with Gasteiger partial charge in [-0.25, -0.2) is 0 Å². The van der Waals surface area contributed by atoms with E-state index in [4.69, 9.17) is 9.47 Å². The second-order valence-electron chi connectivity index (χ2n) is 4.25. The van der Waals surface area contributed by atoms with Crippen LogP contribution < -0.4 is 0 Å². The van der Waals surface area contributed by atoms with Crippen LogP contribution in [0, 0.1) is 5.92 Å². The molecule has 0 heterocycles. The highest BCUT2D eigenvalue weighted by Crippen LogP contribution is 1.96. The summed E-state index contributed by atoms with van der Waals surface area (Å²) >= 11 is 0. The maximum absolute atomic E-state index is 11.4. The van der Waals surface area contributed by atoms with Crippen LogP contribution in [-0.2, 0) is 14.3 Å². The molecule has 0 aromatic rings. The second kappa shape index (κ2) is 10.4. The molecule has 0 aliphatic rings. The number of nitrogens with zero attached hydrogens (tertiary/aromatic N) is 1. The van der Waals surface area contributed by atoms with Crippen LogP contribution in [0.25, 0.3) is 0 Å². The molecule has 0 atom stereocenters. The normalized spacial score (nSPS) is 11.9. The van der Waals surface area contributed by atoms with Crippen LogP contribution in [-0.4, -0.2) is 57.8 Å². The van der Waals surface area contributed by atoms with E-state index in [0.29, 0.717) is 13.2 Å². The van der Waals surface area contributed by atoms with Gasteiger partial charge < -0.3 is 9.47 Å². The summed E-state index contributed by atoms with van der Waals surface area (Å²) < 4.78 is 10.1. The molecule has 0 aromatic carbocycles. The zero-order valence-electron chi connectivity index (χ0n) is 11.4. The minimum atomic E-state index is 0.0673. The fourth-order valence-corrected chi connectivity index (χ4v) is 1.25. The zero-order chi connectivity index (χ0) is 13.1. The summed E-state index contributed by atoms with van der Waals surface area (Å²) in [6.45, 7) is 7.64. The summed E-state index contributed by atoms with van der Waals surface area (Å²) in [5, 5.41) is 0. The number of carbonyl (C=O) groups is 1. The van der Waals surface area contributed by atoms with Crippen molar-refractivity contribution in [3.05, 3.63) is 12.2 Å². The Kier molecular flexibility index (Phi) is 10.0. The molecule has 0 bridgehead atoms. The van der Waals surface area contributed by atoms with Gasteiger partial charge in [0.1, 0.15) is 0 Å². The number of methoxy groups -OCH3 is 2. The molecule has 0 N–H and O–H groups in total. The highest BCUT2D eigenvalue weighted by molar-refractivity contribution is 5.91. The first-order valence-electron chi connectivity index (χ1n) is 6.02. The maximum atomic E-state index is 11.4. The van der Waals surface area contributed by atoms with E-state index in [0.717, 1.165) is 19.6 Å². The number of hydrogen-bond donors (Lipinski definition) is 0. The number of ether oxygens (including phenoxy) is 2. The van der Waals surface area contributed by atoms with E-state index in [1.54, 1.807) is 20.3 Å². The Morgan fingerprint density at radius 2 is 1.71 bits per heavy atom. The molecular formula is C13H25NO3. The van der Waals surface area contributed by atoms with Crippen LogP contribution in [0.2, 0.25) is 0 Å². The molecule has 0 saturated carbocycles. The van der Waals surface area contributed by atoms with E-state index < -0.39 is 0 Å². The predicted molar refractivity (Wildman–Crippen MR) is 69.2 cm³/mol. The summed E-state index contributed by atoms with van der Waals surface area (Å²) in [5.74, 6) is 0.237. The maximum Gasteiger partial charge on any atom is 0.157 e. The predicted octanol–water partition coefficient (Wildman–Crippen LogP) is 1.36. The van der Waals surface area contributed by atoms with Crippen LogP contribution in [0.3, 0.4) is 0 Å². The second-order valence-corrected chi connectivity index (χ2v) is 4.25. The fraction of sp³-hybridized carbons (Fsp3) is 0.769. The summed E-state index contributed by atoms with van der Waals surface area (Å²) in [4.78, 5) is 13.6. The molecule has 0 saturated heterocycles. The van der Waals surface area contributed by atoms with Crippen molar-refractivity contribution in [2.45, 2.75) is 13.8 Å². The van der Waals surface area contributed by atoms with Crippen molar-refractivity contribution in [3.63, 3.8) is 0 Å². The van der Waals surface area contributed by atoms with Gasteiger partial charge in [0, 0.05) is 39.8 Å². The lowest BCUT2D eigenvalue weighted by Crippen LogP contribution is -2.31. The number of hydrogen-bond acceptors (Lipinski definition) is 4. The van der Waals surface area contributed by atoms with E-state index in [1.807, 2.05) is 19.9 Å². The Morgan fingerprint density at radius 1 is 1.18 bits per heavy atom. The number of rotatable bonds is 10. The SMILES string of the molecule is COCCN(C/C=C/C(=O)C(C)C)CCOC. The molecule has 0 unspecified atom stereocenters. The molecule has 0 aliphatic carbocycles. The molecule has 0 aliphatic heterocycles. The van der Waals surface area contributed by atoms with Gasteiger partial charge in [-0.15, -0.1) is 0 Å². The van der Waals surface area contributed by atoms with E-state index in [1.165, 1.54) is 0 Å². The average molecular weight is 243 g/mol. The molecule has 100 valence electrons. The van der Waals surface area contributed by atoms with E-state index >= 15 is 0 Å². The minimum absolute atomic E-state index is 0.0673. The first-order valence-corrected chi connectivity index (χ1v) is 6.02. The highest BCUT2D eigenvalue weighted by atomic mass is 16.5. The van der Waals surface area contributed by atoms with Gasteiger partial charge in [-0.05, 0) is 6.08 Å². The van der Waals surface area contributed by atoms with Crippen LogP contribution >= 0.6 is 0 Å². The summed E-state index contributed by atoms with van der Waals surface area (Å²) in [5.41, 5.74) is 0. The van der Waals surface area contributed by atoms with Crippen molar-refractivity contribution in [2.75, 3.05) is 47.1 Å². The molecule has 0 fully saturated rings. The van der Waals surface area contributed by atoms with Crippen molar-refractivity contribution < 1.29 is 14.3 Å². The topological polar surface area (TPSA) is 38.8 Å². The Morgan fingerprint density at radius 3 is 2.12 bits per heavy atom. The van der Waals surface area contributed by atoms with Crippen LogP contribution in [0.4, 0.5) is 0 Å². The Hall–Kier alpha value is -0.710. The van der Waals surface area contributed by atoms with Crippen molar-refractivity contribution in [1.82, 2.24) is 4.90 Å². The van der Waals surface area contributed by atoms with Crippen LogP contribution in [0.1, 0.15) is 13.8 Å². The van der Waals surface area contributed by atoms with Crippen molar-refractivity contribution in [3.8, 4) is 0 Å². The van der Waals surface area contributed by atoms with Crippen molar-refractivity contribution in [1.29, 1.82) is 0 Å². The Labute approximate surface area is 105 Å². The quantitative estimate of drug-likeness (QED) is 0.543. The molecule has 0 amide bonds. The lowest BCUT2D eigenvalue weighted by molar-refractivity contribution is -0.117. The molecule has 0 rings (SSSR count). The number of ketones is 1. The van der Waals surface area contributed by atoms with Crippen LogP contribution in [0.5, 0.6) is 0 Å². The Balaban J connectivity index is 4.00. The number of carbonyl (C=O) groups excluding carboxylic acids is 1. The largest absolute Gasteiger partial charge is 0.383 e. The third-order valence-electron chi connectivity index (χ3n) is 2.44. The molecule has 17 heavy (non-hydrogen) atoms. The van der Waals surface area contributed by atoms with Gasteiger partial charge in [-0.1, -0.05) is 19.9 Å². The van der Waals surface area contributed by atoms with E-state index in [9.17, 15) is 4.79 Å². The van der Waals surface area contributed by atoms with Crippen LogP contribution in [0.15, 0.2) is 12.2 Å². The van der Waals surface area contributed by atoms with Crippen molar-refractivity contribution in [2.24, 2.45) is 5.92 Å².